The monoisotopic (exact) mass is 654 g/mol. The standard InChI is InChI=1S/C21H29O.2C9H12N.Y/c1-14-9-10-16(11-14)21(6,7)18-13-15(2)12-17(19(18)22-8)20(3,4)5;2*1-8-6-4-5-7-9(8)10(2)3;/h9-13H,1-8H3;2*4-7H,1H2,2-3H3;/q3*-1;+3. The molecule has 0 heterocycles. The maximum Gasteiger partial charge on any atom is 3.00 e. The Balaban J connectivity index is 0.000000366. The van der Waals surface area contributed by atoms with Crippen LogP contribution in [-0.2, 0) is 43.5 Å². The number of aryl methyl sites for hydroxylation is 2. The van der Waals surface area contributed by atoms with Gasteiger partial charge in [-0.15, -0.1) is 17.7 Å². The van der Waals surface area contributed by atoms with Crippen molar-refractivity contribution < 1.29 is 37.4 Å². The van der Waals surface area contributed by atoms with E-state index in [-0.39, 0.29) is 43.5 Å². The van der Waals surface area contributed by atoms with Gasteiger partial charge in [0, 0.05) is 0 Å². The molecular formula is C39H53N2OY. The quantitative estimate of drug-likeness (QED) is 0.200. The number of benzene rings is 3. The van der Waals surface area contributed by atoms with E-state index in [1.807, 2.05) is 64.6 Å². The van der Waals surface area contributed by atoms with Gasteiger partial charge in [-0.3, -0.25) is 0 Å². The first-order valence-electron chi connectivity index (χ1n) is 14.6. The van der Waals surface area contributed by atoms with Crippen molar-refractivity contribution in [2.75, 3.05) is 45.1 Å². The normalized spacial score (nSPS) is 10.8. The van der Waals surface area contributed by atoms with Crippen molar-refractivity contribution in [2.45, 2.75) is 59.3 Å². The number of hydrogen-bond acceptors (Lipinski definition) is 3. The number of para-hydroxylation sites is 2. The molecule has 0 atom stereocenters. The number of ether oxygens (including phenoxy) is 1. The summed E-state index contributed by atoms with van der Waals surface area (Å²) in [5.41, 5.74) is 11.0. The minimum atomic E-state index is -0.0778. The largest absolute Gasteiger partial charge is 3.00 e. The molecular weight excluding hydrogens is 601 g/mol. The third kappa shape index (κ3) is 10.4. The molecule has 0 radical (unpaired) electrons. The first-order valence-corrected chi connectivity index (χ1v) is 14.6. The molecule has 0 aliphatic heterocycles. The van der Waals surface area contributed by atoms with Crippen LogP contribution in [0.3, 0.4) is 0 Å². The van der Waals surface area contributed by atoms with E-state index in [0.717, 1.165) is 16.9 Å². The second kappa shape index (κ2) is 16.4. The van der Waals surface area contributed by atoms with Crippen molar-refractivity contribution in [3.05, 3.63) is 132 Å². The van der Waals surface area contributed by atoms with Crippen LogP contribution in [0.1, 0.15) is 73.6 Å². The maximum absolute atomic E-state index is 5.87. The number of rotatable bonds is 5. The van der Waals surface area contributed by atoms with E-state index in [1.54, 1.807) is 7.11 Å². The molecule has 4 aromatic rings. The van der Waals surface area contributed by atoms with Gasteiger partial charge in [-0.25, -0.2) is 11.6 Å². The van der Waals surface area contributed by atoms with Crippen molar-refractivity contribution in [1.29, 1.82) is 0 Å². The maximum atomic E-state index is 5.87. The van der Waals surface area contributed by atoms with E-state index in [2.05, 4.69) is 115 Å². The summed E-state index contributed by atoms with van der Waals surface area (Å²) in [4.78, 5) is 4.12. The Labute approximate surface area is 288 Å². The molecule has 0 bridgehead atoms. The molecule has 0 aliphatic carbocycles. The summed E-state index contributed by atoms with van der Waals surface area (Å²) >= 11 is 0. The first-order chi connectivity index (χ1) is 19.5. The molecule has 3 nitrogen and oxygen atoms in total. The van der Waals surface area contributed by atoms with Gasteiger partial charge in [0.05, 0.1) is 7.11 Å². The zero-order valence-corrected chi connectivity index (χ0v) is 31.6. The zero-order valence-electron chi connectivity index (χ0n) is 28.8. The van der Waals surface area contributed by atoms with Crippen molar-refractivity contribution >= 4 is 11.4 Å². The summed E-state index contributed by atoms with van der Waals surface area (Å²) in [5, 5.41) is 0. The van der Waals surface area contributed by atoms with Gasteiger partial charge in [-0.2, -0.15) is 49.2 Å². The van der Waals surface area contributed by atoms with Gasteiger partial charge in [-0.1, -0.05) is 94.9 Å². The van der Waals surface area contributed by atoms with Gasteiger partial charge in [0.15, 0.2) is 0 Å². The molecule has 0 amide bonds. The van der Waals surface area contributed by atoms with Gasteiger partial charge in [-0.05, 0) is 57.1 Å². The molecule has 0 aliphatic rings. The summed E-state index contributed by atoms with van der Waals surface area (Å²) < 4.78 is 5.87. The summed E-state index contributed by atoms with van der Waals surface area (Å²) in [6, 6.07) is 27.4. The van der Waals surface area contributed by atoms with Crippen LogP contribution < -0.4 is 14.5 Å². The van der Waals surface area contributed by atoms with E-state index in [0.29, 0.717) is 0 Å². The minimum absolute atomic E-state index is 0. The van der Waals surface area contributed by atoms with Crippen LogP contribution in [0.25, 0.3) is 0 Å². The Hall–Kier alpha value is -2.75. The van der Waals surface area contributed by atoms with E-state index < -0.39 is 0 Å². The first kappa shape index (κ1) is 38.3. The summed E-state index contributed by atoms with van der Waals surface area (Å²) in [6.45, 7) is 23.4. The molecule has 0 unspecified atom stereocenters. The molecule has 43 heavy (non-hydrogen) atoms. The Morgan fingerprint density at radius 2 is 1.12 bits per heavy atom. The van der Waals surface area contributed by atoms with Crippen LogP contribution in [0.15, 0.2) is 78.9 Å². The van der Waals surface area contributed by atoms with Gasteiger partial charge < -0.3 is 14.5 Å². The Morgan fingerprint density at radius 3 is 1.44 bits per heavy atom. The molecule has 4 aromatic carbocycles. The molecule has 4 heteroatoms. The molecule has 0 saturated heterocycles. The van der Waals surface area contributed by atoms with Gasteiger partial charge in [0.2, 0.25) is 0 Å². The number of nitrogens with zero attached hydrogens (tertiary/aromatic N) is 2. The predicted octanol–water partition coefficient (Wildman–Crippen LogP) is 9.52. The topological polar surface area (TPSA) is 15.7 Å². The van der Waals surface area contributed by atoms with Gasteiger partial charge in [0.1, 0.15) is 5.75 Å². The fourth-order valence-electron chi connectivity index (χ4n) is 5.02. The van der Waals surface area contributed by atoms with Crippen LogP contribution in [0.4, 0.5) is 11.4 Å². The van der Waals surface area contributed by atoms with Crippen LogP contribution in [0.2, 0.25) is 0 Å². The van der Waals surface area contributed by atoms with E-state index in [4.69, 9.17) is 4.74 Å². The summed E-state index contributed by atoms with van der Waals surface area (Å²) in [7, 11) is 9.86. The minimum Gasteiger partial charge on any atom is -0.496 e. The molecule has 0 saturated carbocycles. The van der Waals surface area contributed by atoms with Crippen LogP contribution in [0, 0.1) is 27.7 Å². The van der Waals surface area contributed by atoms with E-state index >= 15 is 0 Å². The second-order valence-electron chi connectivity index (χ2n) is 13.0. The fourth-order valence-corrected chi connectivity index (χ4v) is 5.02. The van der Waals surface area contributed by atoms with Crippen LogP contribution in [-0.4, -0.2) is 35.3 Å². The summed E-state index contributed by atoms with van der Waals surface area (Å²) in [5.74, 6) is 1.03. The van der Waals surface area contributed by atoms with Gasteiger partial charge >= 0.3 is 32.7 Å². The number of anilines is 2. The molecule has 228 valence electrons. The number of methoxy groups -OCH3 is 1. The fraction of sp³-hybridized carbons (Fsp3) is 0.359. The number of hydrogen-bond donors (Lipinski definition) is 0. The van der Waals surface area contributed by atoms with Crippen molar-refractivity contribution in [2.24, 2.45) is 0 Å². The Bertz CT molecular complexity index is 1370. The molecule has 0 aromatic heterocycles. The third-order valence-electron chi connectivity index (χ3n) is 7.50. The smallest absolute Gasteiger partial charge is 0.496 e. The van der Waals surface area contributed by atoms with Crippen molar-refractivity contribution in [3.63, 3.8) is 0 Å². The Morgan fingerprint density at radius 1 is 0.674 bits per heavy atom. The van der Waals surface area contributed by atoms with Crippen molar-refractivity contribution in [3.8, 4) is 5.75 Å². The van der Waals surface area contributed by atoms with Crippen LogP contribution >= 0.6 is 0 Å². The second-order valence-corrected chi connectivity index (χ2v) is 13.0. The average molecular weight is 655 g/mol. The Kier molecular flexibility index (Phi) is 14.6. The summed E-state index contributed by atoms with van der Waals surface area (Å²) in [6.07, 6.45) is 0. The van der Waals surface area contributed by atoms with Crippen LogP contribution in [0.5, 0.6) is 5.75 Å². The molecule has 0 spiro atoms. The van der Waals surface area contributed by atoms with E-state index in [1.165, 1.54) is 39.2 Å². The molecule has 4 rings (SSSR count). The van der Waals surface area contributed by atoms with E-state index in [9.17, 15) is 0 Å². The SMILES string of the molecule is COc1c(C(C)(C)C)cc(C)cc1C(C)(C)[c-]1ccc(C)c1.[CH2-]c1ccccc1N(C)C.[CH2-]c1ccccc1N(C)C.[Y+3]. The molecule has 0 fully saturated rings. The predicted molar refractivity (Wildman–Crippen MR) is 186 cm³/mol. The average Bonchev–Trinajstić information content (AvgIpc) is 3.36. The zero-order chi connectivity index (χ0) is 31.8. The third-order valence-corrected chi connectivity index (χ3v) is 7.50. The molecule has 0 N–H and O–H groups in total. The van der Waals surface area contributed by atoms with Gasteiger partial charge in [0.25, 0.3) is 0 Å². The van der Waals surface area contributed by atoms with Crippen molar-refractivity contribution in [1.82, 2.24) is 0 Å².